The van der Waals surface area contributed by atoms with Gasteiger partial charge in [-0.2, -0.15) is 0 Å². The van der Waals surface area contributed by atoms with Gasteiger partial charge in [-0.25, -0.2) is 4.98 Å². The average molecular weight is 317 g/mol. The van der Waals surface area contributed by atoms with E-state index in [0.717, 1.165) is 4.47 Å². The Labute approximate surface area is 122 Å². The molecule has 0 N–H and O–H groups in total. The van der Waals surface area contributed by atoms with Crippen LogP contribution in [0.25, 0.3) is 0 Å². The van der Waals surface area contributed by atoms with Crippen LogP contribution in [-0.4, -0.2) is 9.55 Å². The van der Waals surface area contributed by atoms with Gasteiger partial charge < -0.3 is 4.57 Å². The molecule has 1 aromatic heterocycles. The smallest absolute Gasteiger partial charge is 0.119 e. The van der Waals surface area contributed by atoms with Crippen molar-refractivity contribution in [1.29, 1.82) is 0 Å². The van der Waals surface area contributed by atoms with Gasteiger partial charge >= 0.3 is 0 Å². The van der Waals surface area contributed by atoms with Gasteiger partial charge in [0, 0.05) is 23.9 Å². The second-order valence-electron chi connectivity index (χ2n) is 6.31. The van der Waals surface area contributed by atoms with Crippen molar-refractivity contribution >= 4 is 15.9 Å². The van der Waals surface area contributed by atoms with Crippen LogP contribution in [0.4, 0.5) is 0 Å². The minimum Gasteiger partial charge on any atom is -0.337 e. The van der Waals surface area contributed by atoms with Gasteiger partial charge in [-0.3, -0.25) is 0 Å². The quantitative estimate of drug-likeness (QED) is 0.817. The van der Waals surface area contributed by atoms with E-state index in [9.17, 15) is 0 Å². The Balaban J connectivity index is 1.84. The van der Waals surface area contributed by atoms with Crippen molar-refractivity contribution in [3.05, 3.63) is 52.5 Å². The Bertz CT molecular complexity index is 632. The van der Waals surface area contributed by atoms with Crippen molar-refractivity contribution in [3.8, 4) is 0 Å². The maximum absolute atomic E-state index is 4.66. The third kappa shape index (κ3) is 1.64. The van der Waals surface area contributed by atoms with Crippen molar-refractivity contribution in [2.45, 2.75) is 31.1 Å². The van der Waals surface area contributed by atoms with Crippen LogP contribution in [0.1, 0.15) is 37.1 Å². The SMILES string of the molecule is Cn1ccnc1C1(c2cccc(Br)c2)CC2(CC2)C1. The predicted octanol–water partition coefficient (Wildman–Crippen LogP) is 4.04. The Morgan fingerprint density at radius 3 is 2.63 bits per heavy atom. The molecule has 2 aliphatic carbocycles. The maximum atomic E-state index is 4.66. The summed E-state index contributed by atoms with van der Waals surface area (Å²) in [4.78, 5) is 4.66. The molecular weight excluding hydrogens is 300 g/mol. The Kier molecular flexibility index (Phi) is 2.29. The third-order valence-electron chi connectivity index (χ3n) is 4.94. The number of halogens is 1. The van der Waals surface area contributed by atoms with Gasteiger partial charge in [0.2, 0.25) is 0 Å². The van der Waals surface area contributed by atoms with E-state index >= 15 is 0 Å². The van der Waals surface area contributed by atoms with Crippen molar-refractivity contribution < 1.29 is 0 Å². The highest BCUT2D eigenvalue weighted by atomic mass is 79.9. The zero-order valence-electron chi connectivity index (χ0n) is 11.1. The van der Waals surface area contributed by atoms with Gasteiger partial charge in [0.15, 0.2) is 0 Å². The molecule has 0 radical (unpaired) electrons. The molecule has 0 saturated heterocycles. The number of rotatable bonds is 2. The van der Waals surface area contributed by atoms with E-state index in [0.29, 0.717) is 5.41 Å². The average Bonchev–Trinajstić information content (AvgIpc) is 3.03. The molecule has 2 aromatic rings. The highest BCUT2D eigenvalue weighted by Gasteiger charge is 2.63. The molecule has 0 amide bonds. The fourth-order valence-electron chi connectivity index (χ4n) is 3.86. The standard InChI is InChI=1S/C16H17BrN2/c1-19-8-7-18-14(19)16(10-15(11-16)5-6-15)12-3-2-4-13(17)9-12/h2-4,7-9H,5-6,10-11H2,1H3. The van der Waals surface area contributed by atoms with Gasteiger partial charge in [0.25, 0.3) is 0 Å². The molecule has 2 aliphatic rings. The molecule has 98 valence electrons. The Hall–Kier alpha value is -1.09. The summed E-state index contributed by atoms with van der Waals surface area (Å²) < 4.78 is 3.35. The van der Waals surface area contributed by atoms with Gasteiger partial charge in [-0.05, 0) is 48.8 Å². The minimum atomic E-state index is 0.137. The largest absolute Gasteiger partial charge is 0.337 e. The normalized spacial score (nSPS) is 22.2. The molecule has 19 heavy (non-hydrogen) atoms. The van der Waals surface area contributed by atoms with E-state index in [2.05, 4.69) is 63.0 Å². The fraction of sp³-hybridized carbons (Fsp3) is 0.438. The first-order chi connectivity index (χ1) is 9.14. The first-order valence-corrected chi connectivity index (χ1v) is 7.67. The summed E-state index contributed by atoms with van der Waals surface area (Å²) in [6.45, 7) is 0. The minimum absolute atomic E-state index is 0.137. The molecule has 0 bridgehead atoms. The van der Waals surface area contributed by atoms with E-state index in [1.807, 2.05) is 6.20 Å². The van der Waals surface area contributed by atoms with Crippen molar-refractivity contribution in [1.82, 2.24) is 9.55 Å². The van der Waals surface area contributed by atoms with Crippen molar-refractivity contribution in [2.24, 2.45) is 12.5 Å². The zero-order chi connectivity index (χ0) is 13.1. The zero-order valence-corrected chi connectivity index (χ0v) is 12.7. The van der Waals surface area contributed by atoms with E-state index in [1.54, 1.807) is 0 Å². The number of benzene rings is 1. The van der Waals surface area contributed by atoms with Crippen LogP contribution in [0, 0.1) is 5.41 Å². The summed E-state index contributed by atoms with van der Waals surface area (Å²) in [6.07, 6.45) is 9.34. The highest BCUT2D eigenvalue weighted by molar-refractivity contribution is 9.10. The highest BCUT2D eigenvalue weighted by Crippen LogP contribution is 2.70. The summed E-state index contributed by atoms with van der Waals surface area (Å²) in [7, 11) is 2.11. The van der Waals surface area contributed by atoms with Crippen LogP contribution in [-0.2, 0) is 12.5 Å². The monoisotopic (exact) mass is 316 g/mol. The second-order valence-corrected chi connectivity index (χ2v) is 7.22. The second kappa shape index (κ2) is 3.72. The molecule has 1 spiro atoms. The molecule has 0 unspecified atom stereocenters. The Morgan fingerprint density at radius 2 is 2.05 bits per heavy atom. The number of aryl methyl sites for hydroxylation is 1. The molecule has 3 heteroatoms. The third-order valence-corrected chi connectivity index (χ3v) is 5.43. The molecule has 1 heterocycles. The molecule has 4 rings (SSSR count). The molecule has 2 saturated carbocycles. The van der Waals surface area contributed by atoms with Crippen molar-refractivity contribution in [2.75, 3.05) is 0 Å². The summed E-state index contributed by atoms with van der Waals surface area (Å²) in [6, 6.07) is 8.77. The first-order valence-electron chi connectivity index (χ1n) is 6.88. The van der Waals surface area contributed by atoms with Gasteiger partial charge in [-0.15, -0.1) is 0 Å². The number of nitrogens with zero attached hydrogens (tertiary/aromatic N) is 2. The lowest BCUT2D eigenvalue weighted by Gasteiger charge is -2.48. The van der Waals surface area contributed by atoms with Crippen LogP contribution in [0.3, 0.4) is 0 Å². The van der Waals surface area contributed by atoms with E-state index in [1.165, 1.54) is 37.1 Å². The lowest BCUT2D eigenvalue weighted by molar-refractivity contribution is 0.145. The van der Waals surface area contributed by atoms with Crippen LogP contribution in [0.2, 0.25) is 0 Å². The lowest BCUT2D eigenvalue weighted by atomic mass is 9.56. The Morgan fingerprint density at radius 1 is 1.26 bits per heavy atom. The fourth-order valence-corrected chi connectivity index (χ4v) is 4.26. The number of imidazole rings is 1. The summed E-state index contributed by atoms with van der Waals surface area (Å²) in [5.74, 6) is 1.23. The van der Waals surface area contributed by atoms with Crippen molar-refractivity contribution in [3.63, 3.8) is 0 Å². The predicted molar refractivity (Wildman–Crippen MR) is 79.0 cm³/mol. The number of hydrogen-bond acceptors (Lipinski definition) is 1. The summed E-state index contributed by atoms with van der Waals surface area (Å²) in [5.41, 5.74) is 2.20. The van der Waals surface area contributed by atoms with E-state index < -0.39 is 0 Å². The van der Waals surface area contributed by atoms with Crippen LogP contribution in [0.15, 0.2) is 41.1 Å². The lowest BCUT2D eigenvalue weighted by Crippen LogP contribution is -2.45. The maximum Gasteiger partial charge on any atom is 0.119 e. The molecular formula is C16H17BrN2. The topological polar surface area (TPSA) is 17.8 Å². The van der Waals surface area contributed by atoms with Crippen LogP contribution in [0.5, 0.6) is 0 Å². The molecule has 2 fully saturated rings. The van der Waals surface area contributed by atoms with E-state index in [-0.39, 0.29) is 5.41 Å². The summed E-state index contributed by atoms with van der Waals surface area (Å²) in [5, 5.41) is 0. The van der Waals surface area contributed by atoms with Crippen LogP contribution >= 0.6 is 15.9 Å². The van der Waals surface area contributed by atoms with Gasteiger partial charge in [0.05, 0.1) is 5.41 Å². The molecule has 1 aromatic carbocycles. The van der Waals surface area contributed by atoms with Gasteiger partial charge in [-0.1, -0.05) is 28.1 Å². The molecule has 2 nitrogen and oxygen atoms in total. The van der Waals surface area contributed by atoms with Gasteiger partial charge in [0.1, 0.15) is 5.82 Å². The van der Waals surface area contributed by atoms with Crippen LogP contribution < -0.4 is 0 Å². The first kappa shape index (κ1) is 11.7. The number of hydrogen-bond donors (Lipinski definition) is 0. The molecule has 0 aliphatic heterocycles. The summed E-state index contributed by atoms with van der Waals surface area (Å²) >= 11 is 3.61. The molecule has 0 atom stereocenters. The van der Waals surface area contributed by atoms with E-state index in [4.69, 9.17) is 0 Å². The number of aromatic nitrogens is 2.